The lowest BCUT2D eigenvalue weighted by molar-refractivity contribution is -0.0169. The van der Waals surface area contributed by atoms with Crippen molar-refractivity contribution < 1.29 is 9.53 Å². The van der Waals surface area contributed by atoms with E-state index in [4.69, 9.17) is 4.74 Å². The summed E-state index contributed by atoms with van der Waals surface area (Å²) < 4.78 is 6.10. The number of aryl methyl sites for hydroxylation is 1. The molecule has 2 atom stereocenters. The topological polar surface area (TPSA) is 58.6 Å². The third kappa shape index (κ3) is 3.52. The first-order valence-electron chi connectivity index (χ1n) is 8.69. The molecule has 1 amide bonds. The zero-order valence-corrected chi connectivity index (χ0v) is 15.1. The van der Waals surface area contributed by atoms with E-state index in [2.05, 4.69) is 15.1 Å². The summed E-state index contributed by atoms with van der Waals surface area (Å²) in [4.78, 5) is 16.8. The molecule has 2 aromatic rings. The number of piperidine rings is 1. The maximum Gasteiger partial charge on any atom is 0.254 e. The number of anilines is 1. The van der Waals surface area contributed by atoms with Crippen molar-refractivity contribution in [2.75, 3.05) is 37.7 Å². The zero-order valence-electron chi connectivity index (χ0n) is 14.3. The number of carbonyl (C=O) groups is 1. The van der Waals surface area contributed by atoms with E-state index >= 15 is 0 Å². The van der Waals surface area contributed by atoms with Gasteiger partial charge in [0.05, 0.1) is 24.0 Å². The van der Waals surface area contributed by atoms with Gasteiger partial charge in [0.1, 0.15) is 0 Å². The fraction of sp³-hybridized carbons (Fsp3) is 0.500. The molecule has 2 aliphatic heterocycles. The molecule has 7 heteroatoms. The van der Waals surface area contributed by atoms with E-state index in [0.717, 1.165) is 43.1 Å². The molecule has 25 heavy (non-hydrogen) atoms. The summed E-state index contributed by atoms with van der Waals surface area (Å²) in [5, 5.41) is 12.3. The van der Waals surface area contributed by atoms with E-state index in [-0.39, 0.29) is 12.0 Å². The number of nitrogens with zero attached hydrogens (tertiary/aromatic N) is 4. The van der Waals surface area contributed by atoms with Gasteiger partial charge in [0, 0.05) is 37.5 Å². The Labute approximate surface area is 151 Å². The molecule has 0 unspecified atom stereocenters. The first kappa shape index (κ1) is 16.5. The van der Waals surface area contributed by atoms with Crippen LogP contribution in [-0.2, 0) is 4.74 Å². The SMILES string of the molecule is Cc1ccc(N2CCO[C@H]3CN(C(=O)c4ccsc4)CC[C@H]3C2)nn1. The normalized spacial score (nSPS) is 23.9. The molecule has 2 saturated heterocycles. The Kier molecular flexibility index (Phi) is 4.67. The lowest BCUT2D eigenvalue weighted by Crippen LogP contribution is -2.49. The minimum Gasteiger partial charge on any atom is -0.374 e. The number of thiophene rings is 1. The molecule has 0 radical (unpaired) electrons. The van der Waals surface area contributed by atoms with Crippen molar-refractivity contribution in [1.82, 2.24) is 15.1 Å². The highest BCUT2D eigenvalue weighted by Gasteiger charge is 2.35. The van der Waals surface area contributed by atoms with Gasteiger partial charge in [-0.1, -0.05) is 0 Å². The number of likely N-dealkylation sites (tertiary alicyclic amines) is 1. The number of amides is 1. The standard InChI is InChI=1S/C18H22N4O2S/c1-13-2-3-17(20-19-13)21-7-8-24-16-11-22(6-4-14(16)10-21)18(23)15-5-9-25-12-15/h2-3,5,9,12,14,16H,4,6-8,10-11H2,1H3/t14-,16-/m0/s1. The molecule has 0 bridgehead atoms. The summed E-state index contributed by atoms with van der Waals surface area (Å²) >= 11 is 1.56. The summed E-state index contributed by atoms with van der Waals surface area (Å²) in [6.07, 6.45) is 1.05. The molecule has 2 aliphatic rings. The first-order chi connectivity index (χ1) is 12.2. The van der Waals surface area contributed by atoms with Crippen molar-refractivity contribution >= 4 is 23.1 Å². The second-order valence-electron chi connectivity index (χ2n) is 6.70. The first-order valence-corrected chi connectivity index (χ1v) is 9.63. The molecule has 0 saturated carbocycles. The number of carbonyl (C=O) groups excluding carboxylic acids is 1. The molecule has 4 heterocycles. The van der Waals surface area contributed by atoms with Crippen LogP contribution in [0.3, 0.4) is 0 Å². The molecule has 6 nitrogen and oxygen atoms in total. The van der Waals surface area contributed by atoms with Crippen LogP contribution >= 0.6 is 11.3 Å². The molecule has 0 aromatic carbocycles. The molecular weight excluding hydrogens is 336 g/mol. The van der Waals surface area contributed by atoms with Crippen molar-refractivity contribution in [3.63, 3.8) is 0 Å². The van der Waals surface area contributed by atoms with Crippen LogP contribution in [0.5, 0.6) is 0 Å². The highest BCUT2D eigenvalue weighted by atomic mass is 32.1. The Balaban J connectivity index is 1.43. The monoisotopic (exact) mass is 358 g/mol. The van der Waals surface area contributed by atoms with Crippen LogP contribution in [0.25, 0.3) is 0 Å². The van der Waals surface area contributed by atoms with Gasteiger partial charge < -0.3 is 14.5 Å². The van der Waals surface area contributed by atoms with Gasteiger partial charge in [-0.2, -0.15) is 16.4 Å². The Bertz CT molecular complexity index is 719. The van der Waals surface area contributed by atoms with Crippen molar-refractivity contribution in [1.29, 1.82) is 0 Å². The third-order valence-electron chi connectivity index (χ3n) is 5.01. The average Bonchev–Trinajstić information content (AvgIpc) is 3.08. The summed E-state index contributed by atoms with van der Waals surface area (Å²) in [6, 6.07) is 5.91. The van der Waals surface area contributed by atoms with Crippen LogP contribution in [0.15, 0.2) is 29.0 Å². The van der Waals surface area contributed by atoms with Gasteiger partial charge >= 0.3 is 0 Å². The van der Waals surface area contributed by atoms with Gasteiger partial charge in [0.25, 0.3) is 5.91 Å². The van der Waals surface area contributed by atoms with Crippen LogP contribution in [0.4, 0.5) is 5.82 Å². The van der Waals surface area contributed by atoms with Crippen LogP contribution in [0, 0.1) is 12.8 Å². The van der Waals surface area contributed by atoms with E-state index in [1.807, 2.05) is 40.8 Å². The third-order valence-corrected chi connectivity index (χ3v) is 5.69. The Hall–Kier alpha value is -1.99. The van der Waals surface area contributed by atoms with Gasteiger partial charge in [-0.15, -0.1) is 5.10 Å². The van der Waals surface area contributed by atoms with Crippen molar-refractivity contribution in [2.24, 2.45) is 5.92 Å². The molecule has 0 N–H and O–H groups in total. The van der Waals surface area contributed by atoms with Crippen LogP contribution < -0.4 is 4.90 Å². The smallest absolute Gasteiger partial charge is 0.254 e. The van der Waals surface area contributed by atoms with Crippen LogP contribution in [0.1, 0.15) is 22.5 Å². The summed E-state index contributed by atoms with van der Waals surface area (Å²) in [6.45, 7) is 5.77. The zero-order chi connectivity index (χ0) is 17.2. The Morgan fingerprint density at radius 1 is 1.24 bits per heavy atom. The fourth-order valence-electron chi connectivity index (χ4n) is 3.57. The number of fused-ring (bicyclic) bond motifs is 1. The minimum absolute atomic E-state index is 0.0970. The van der Waals surface area contributed by atoms with Gasteiger partial charge in [0.15, 0.2) is 5.82 Å². The number of ether oxygens (including phenoxy) is 1. The maximum atomic E-state index is 12.6. The molecule has 132 valence electrons. The van der Waals surface area contributed by atoms with Gasteiger partial charge in [-0.3, -0.25) is 4.79 Å². The van der Waals surface area contributed by atoms with E-state index in [9.17, 15) is 4.79 Å². The second-order valence-corrected chi connectivity index (χ2v) is 7.48. The van der Waals surface area contributed by atoms with Crippen molar-refractivity contribution in [2.45, 2.75) is 19.4 Å². The van der Waals surface area contributed by atoms with Crippen LogP contribution in [-0.4, -0.2) is 59.9 Å². The summed E-state index contributed by atoms with van der Waals surface area (Å²) in [5.41, 5.74) is 1.71. The van der Waals surface area contributed by atoms with Gasteiger partial charge in [-0.25, -0.2) is 0 Å². The number of rotatable bonds is 2. The van der Waals surface area contributed by atoms with Crippen LogP contribution in [0.2, 0.25) is 0 Å². The summed E-state index contributed by atoms with van der Waals surface area (Å²) in [5.74, 6) is 1.44. The minimum atomic E-state index is 0.0970. The number of hydrogen-bond donors (Lipinski definition) is 0. The lowest BCUT2D eigenvalue weighted by Gasteiger charge is -2.38. The lowest BCUT2D eigenvalue weighted by atomic mass is 9.93. The highest BCUT2D eigenvalue weighted by Crippen LogP contribution is 2.27. The molecule has 0 spiro atoms. The maximum absolute atomic E-state index is 12.6. The molecule has 4 rings (SSSR count). The number of aromatic nitrogens is 2. The highest BCUT2D eigenvalue weighted by molar-refractivity contribution is 7.08. The molecule has 2 aromatic heterocycles. The average molecular weight is 358 g/mol. The summed E-state index contributed by atoms with van der Waals surface area (Å²) in [7, 11) is 0. The van der Waals surface area contributed by atoms with Crippen molar-refractivity contribution in [3.05, 3.63) is 40.2 Å². The number of hydrogen-bond acceptors (Lipinski definition) is 6. The quantitative estimate of drug-likeness (QED) is 0.824. The van der Waals surface area contributed by atoms with Gasteiger partial charge in [0.2, 0.25) is 0 Å². The Morgan fingerprint density at radius 2 is 2.16 bits per heavy atom. The predicted molar refractivity (Wildman–Crippen MR) is 97.1 cm³/mol. The van der Waals surface area contributed by atoms with Gasteiger partial charge in [-0.05, 0) is 36.9 Å². The van der Waals surface area contributed by atoms with E-state index in [1.54, 1.807) is 11.3 Å². The Morgan fingerprint density at radius 3 is 2.92 bits per heavy atom. The fourth-order valence-corrected chi connectivity index (χ4v) is 4.20. The van der Waals surface area contributed by atoms with E-state index in [1.165, 1.54) is 0 Å². The van der Waals surface area contributed by atoms with E-state index < -0.39 is 0 Å². The second kappa shape index (κ2) is 7.09. The largest absolute Gasteiger partial charge is 0.374 e. The predicted octanol–water partition coefficient (Wildman–Crippen LogP) is 2.21. The molecular formula is C18H22N4O2S. The molecule has 2 fully saturated rings. The van der Waals surface area contributed by atoms with Crippen molar-refractivity contribution in [3.8, 4) is 0 Å². The molecule has 0 aliphatic carbocycles. The van der Waals surface area contributed by atoms with E-state index in [0.29, 0.717) is 19.1 Å².